The summed E-state index contributed by atoms with van der Waals surface area (Å²) in [7, 11) is 1.38. The van der Waals surface area contributed by atoms with Crippen LogP contribution in [-0.2, 0) is 0 Å². The number of hydrogen-bond donors (Lipinski definition) is 2. The predicted molar refractivity (Wildman–Crippen MR) is 27.4 cm³/mol. The summed E-state index contributed by atoms with van der Waals surface area (Å²) in [5.74, 6) is 0. The van der Waals surface area contributed by atoms with Gasteiger partial charge in [0.2, 0.25) is 0 Å². The number of hydrogen-bond acceptors (Lipinski definition) is 2. The van der Waals surface area contributed by atoms with Gasteiger partial charge in [0.1, 0.15) is 7.05 Å². The van der Waals surface area contributed by atoms with Crippen molar-refractivity contribution in [3.05, 3.63) is 0 Å². The highest BCUT2D eigenvalue weighted by molar-refractivity contribution is 4.88. The number of hydroxylamine groups is 4. The average molecular weight is 118 g/mol. The largest absolute Gasteiger partial charge is 0.182 e. The Bertz CT molecular complexity index is 98.2. The van der Waals surface area contributed by atoms with Crippen LogP contribution in [0.15, 0.2) is 0 Å². The van der Waals surface area contributed by atoms with Crippen LogP contribution >= 0.6 is 0 Å². The van der Waals surface area contributed by atoms with Gasteiger partial charge in [-0.15, -0.1) is 0 Å². The zero-order valence-corrected chi connectivity index (χ0v) is 5.26. The van der Waals surface area contributed by atoms with E-state index in [2.05, 4.69) is 0 Å². The molecule has 0 heterocycles. The molecular weight excluding hydrogens is 106 g/mol. The normalized spacial score (nSPS) is 25.5. The molecule has 0 spiro atoms. The Kier molecular flexibility index (Phi) is 0.927. The summed E-state index contributed by atoms with van der Waals surface area (Å²) in [6.45, 7) is 1.85. The van der Waals surface area contributed by atoms with E-state index in [1.165, 1.54) is 7.05 Å². The molecule has 1 rings (SSSR count). The summed E-state index contributed by atoms with van der Waals surface area (Å²) in [5.41, 5.74) is -0.264. The first-order valence-electron chi connectivity index (χ1n) is 2.78. The van der Waals surface area contributed by atoms with Gasteiger partial charge in [-0.2, -0.15) is 10.4 Å². The first-order chi connectivity index (χ1) is 3.46. The van der Waals surface area contributed by atoms with Gasteiger partial charge in [-0.25, -0.2) is 0 Å². The lowest BCUT2D eigenvalue weighted by Gasteiger charge is -2.22. The van der Waals surface area contributed by atoms with Crippen molar-refractivity contribution in [3.63, 3.8) is 0 Å². The maximum absolute atomic E-state index is 8.91. The smallest absolute Gasteiger partial charge is 0.159 e. The van der Waals surface area contributed by atoms with Gasteiger partial charge < -0.3 is 0 Å². The van der Waals surface area contributed by atoms with Gasteiger partial charge in [-0.1, -0.05) is 0 Å². The standard InChI is InChI=1S/C5H12NO2/c1-5(3-4-5)6(2,7)8/h7-8H,3-4H2,1-2H3/q+1. The quantitative estimate of drug-likeness (QED) is 0.394. The van der Waals surface area contributed by atoms with Crippen molar-refractivity contribution in [2.45, 2.75) is 25.3 Å². The van der Waals surface area contributed by atoms with E-state index < -0.39 is 4.81 Å². The fourth-order valence-electron chi connectivity index (χ4n) is 0.605. The molecule has 0 atom stereocenters. The lowest BCUT2D eigenvalue weighted by Crippen LogP contribution is -2.46. The van der Waals surface area contributed by atoms with Crippen LogP contribution in [0.5, 0.6) is 0 Å². The summed E-state index contributed by atoms with van der Waals surface area (Å²) < 4.78 is 0. The highest BCUT2D eigenvalue weighted by atomic mass is 16.8. The molecule has 3 heteroatoms. The molecule has 1 aliphatic carbocycles. The Morgan fingerprint density at radius 1 is 1.38 bits per heavy atom. The molecule has 48 valence electrons. The summed E-state index contributed by atoms with van der Waals surface area (Å²) in [6, 6.07) is 0. The van der Waals surface area contributed by atoms with Gasteiger partial charge in [0.05, 0.1) is 0 Å². The third-order valence-corrected chi connectivity index (χ3v) is 2.00. The molecule has 3 nitrogen and oxygen atoms in total. The van der Waals surface area contributed by atoms with E-state index in [0.29, 0.717) is 0 Å². The first-order valence-corrected chi connectivity index (χ1v) is 2.78. The Hall–Kier alpha value is -0.120. The Morgan fingerprint density at radius 3 is 1.75 bits per heavy atom. The van der Waals surface area contributed by atoms with Crippen LogP contribution in [0, 0.1) is 0 Å². The Morgan fingerprint density at radius 2 is 1.75 bits per heavy atom. The molecule has 0 unspecified atom stereocenters. The molecule has 0 saturated heterocycles. The van der Waals surface area contributed by atoms with Crippen LogP contribution in [0.2, 0.25) is 0 Å². The fourth-order valence-corrected chi connectivity index (χ4v) is 0.605. The minimum atomic E-state index is -0.868. The topological polar surface area (TPSA) is 40.5 Å². The molecule has 0 aromatic carbocycles. The van der Waals surface area contributed by atoms with Crippen molar-refractivity contribution in [1.82, 2.24) is 0 Å². The van der Waals surface area contributed by atoms with Gasteiger partial charge >= 0.3 is 0 Å². The molecule has 0 radical (unpaired) electrons. The molecule has 2 N–H and O–H groups in total. The zero-order chi connectivity index (χ0) is 6.41. The Labute approximate surface area is 48.7 Å². The van der Waals surface area contributed by atoms with Gasteiger partial charge in [0, 0.05) is 12.8 Å². The van der Waals surface area contributed by atoms with Gasteiger partial charge in [0.15, 0.2) is 5.54 Å². The monoisotopic (exact) mass is 118 g/mol. The maximum Gasteiger partial charge on any atom is 0.159 e. The fraction of sp³-hybridized carbons (Fsp3) is 1.00. The maximum atomic E-state index is 8.91. The summed E-state index contributed by atoms with van der Waals surface area (Å²) in [4.78, 5) is -0.868. The van der Waals surface area contributed by atoms with Crippen LogP contribution in [0.1, 0.15) is 19.8 Å². The molecule has 0 bridgehead atoms. The van der Waals surface area contributed by atoms with E-state index in [1.807, 2.05) is 6.92 Å². The first kappa shape index (κ1) is 6.01. The highest BCUT2D eigenvalue weighted by Crippen LogP contribution is 2.42. The molecule has 0 amide bonds. The molecule has 0 aliphatic heterocycles. The predicted octanol–water partition coefficient (Wildman–Crippen LogP) is 0.764. The van der Waals surface area contributed by atoms with Crippen molar-refractivity contribution in [2.24, 2.45) is 0 Å². The summed E-state index contributed by atoms with van der Waals surface area (Å²) in [6.07, 6.45) is 1.83. The minimum Gasteiger partial charge on any atom is -0.182 e. The molecule has 0 aromatic heterocycles. The van der Waals surface area contributed by atoms with E-state index in [9.17, 15) is 0 Å². The van der Waals surface area contributed by atoms with Crippen LogP contribution in [0.3, 0.4) is 0 Å². The van der Waals surface area contributed by atoms with Gasteiger partial charge in [0.25, 0.3) is 0 Å². The minimum absolute atomic E-state index is 0.264. The molecule has 0 aromatic rings. The number of rotatable bonds is 1. The Balaban J connectivity index is 2.58. The van der Waals surface area contributed by atoms with Crippen molar-refractivity contribution in [3.8, 4) is 0 Å². The van der Waals surface area contributed by atoms with Gasteiger partial charge in [-0.05, 0) is 11.7 Å². The summed E-state index contributed by atoms with van der Waals surface area (Å²) in [5, 5.41) is 17.8. The van der Waals surface area contributed by atoms with Crippen LogP contribution < -0.4 is 0 Å². The van der Waals surface area contributed by atoms with E-state index in [-0.39, 0.29) is 5.54 Å². The second-order valence-corrected chi connectivity index (χ2v) is 2.91. The summed E-state index contributed by atoms with van der Waals surface area (Å²) >= 11 is 0. The van der Waals surface area contributed by atoms with Crippen LogP contribution in [0.25, 0.3) is 0 Å². The third-order valence-electron chi connectivity index (χ3n) is 2.00. The molecule has 8 heavy (non-hydrogen) atoms. The number of quaternary nitrogens is 1. The van der Waals surface area contributed by atoms with Gasteiger partial charge in [-0.3, -0.25) is 0 Å². The molecule has 1 fully saturated rings. The SMILES string of the molecule is CC1([N+](C)(O)O)CC1. The molecular formula is C5H12NO2+. The zero-order valence-electron chi connectivity index (χ0n) is 5.26. The van der Waals surface area contributed by atoms with Crippen molar-refractivity contribution in [1.29, 1.82) is 0 Å². The van der Waals surface area contributed by atoms with Crippen molar-refractivity contribution < 1.29 is 15.2 Å². The van der Waals surface area contributed by atoms with E-state index in [4.69, 9.17) is 10.4 Å². The second kappa shape index (κ2) is 1.23. The lowest BCUT2D eigenvalue weighted by atomic mass is 10.3. The third kappa shape index (κ3) is 0.727. The lowest BCUT2D eigenvalue weighted by molar-refractivity contribution is -1.25. The molecule has 1 aliphatic rings. The van der Waals surface area contributed by atoms with Crippen LogP contribution in [-0.4, -0.2) is 27.8 Å². The second-order valence-electron chi connectivity index (χ2n) is 2.91. The van der Waals surface area contributed by atoms with Crippen LogP contribution in [0.4, 0.5) is 0 Å². The van der Waals surface area contributed by atoms with Crippen molar-refractivity contribution in [2.75, 3.05) is 7.05 Å². The highest BCUT2D eigenvalue weighted by Gasteiger charge is 2.55. The molecule has 1 saturated carbocycles. The van der Waals surface area contributed by atoms with Crippen molar-refractivity contribution >= 4 is 0 Å². The van der Waals surface area contributed by atoms with E-state index in [1.54, 1.807) is 0 Å². The van der Waals surface area contributed by atoms with E-state index >= 15 is 0 Å². The average Bonchev–Trinajstić information content (AvgIpc) is 2.16. The number of nitrogens with zero attached hydrogens (tertiary/aromatic N) is 1. The van der Waals surface area contributed by atoms with E-state index in [0.717, 1.165) is 12.8 Å².